The van der Waals surface area contributed by atoms with Crippen LogP contribution in [0.3, 0.4) is 0 Å². The molecule has 9 aliphatic heterocycles. The van der Waals surface area contributed by atoms with E-state index in [0.29, 0.717) is 4.68 Å². The summed E-state index contributed by atoms with van der Waals surface area (Å²) in [6, 6.07) is 4.37. The number of nitrogen functional groups attached to an aromatic ring is 6. The molecule has 55 nitrogen and oxygen atoms in total. The van der Waals surface area contributed by atoms with E-state index in [1.54, 1.807) is 0 Å². The van der Waals surface area contributed by atoms with Crippen molar-refractivity contribution < 1.29 is 142 Å². The standard InChI is InChI=1S/2C21H23F2N9O9P2S2.C20H21F3N10O9P2S2/c2*22-10-9-4-37-42(34,35)40-14-8(39-19(11(14)23)31-5-27-12-7(24)1-2-26-16(12)31)3-38-43(36,44)41-15(10)20(45-9)32-6-28-13-17(32)29-21(25)30-18(13)33;21-9-8-4-38-43(35,36)42-13-7(40-18(20(13,22)23)33-14-10(30-31-33)6(24)1-2-26-14)3-39-44(37,45)41-12(9)17(46-8)32-5-27-11-15(32)28-19(25)29-16(11)34/h2*1-2,5-6,8-11,14-15,19-20H,3-4H2,(H2,24,26)(H,34,35)(H,36,44)(H3,25,29,30,33);1-2,5,7-9,12-13,17-18H,3-4H2,(H2,24,26)(H,35,36)(H,37,45)(H3,25,28,29,34)/t2*8-,9-,10+,11+,14-,15-,19-,20-,43?;7-,8-,9+,12-,13-,17-,18-,44?/m111/s1. The summed E-state index contributed by atoms with van der Waals surface area (Å²) >= 11 is 16.8. The first-order chi connectivity index (χ1) is 64.3. The van der Waals surface area contributed by atoms with Crippen molar-refractivity contribution in [3.05, 3.63) is 99.5 Å². The second-order valence-corrected chi connectivity index (χ2v) is 47.3. The topological polar surface area (TPSA) is 760 Å². The molecular weight excluding hydrogens is 2080 g/mol. The Morgan fingerprint density at radius 3 is 1.18 bits per heavy atom. The van der Waals surface area contributed by atoms with Crippen LogP contribution in [0.4, 0.5) is 65.6 Å². The zero-order valence-electron chi connectivity index (χ0n) is 67.4. The van der Waals surface area contributed by atoms with E-state index >= 15 is 30.7 Å². The third-order valence-corrected chi connectivity index (χ3v) is 34.2. The van der Waals surface area contributed by atoms with E-state index < -0.39 is 242 Å². The number of hydrogen-bond donors (Lipinski definition) is 15. The largest absolute Gasteiger partial charge is 0.472 e. The minimum Gasteiger partial charge on any atom is -0.397 e. The molecule has 0 aromatic carbocycles. The first-order valence-electron chi connectivity index (χ1n) is 39.0. The molecule has 20 N–H and O–H groups in total. The van der Waals surface area contributed by atoms with E-state index in [-0.39, 0.29) is 102 Å². The predicted molar refractivity (Wildman–Crippen MR) is 468 cm³/mol. The number of nitrogens with zero attached hydrogens (tertiary/aromatic N) is 19. The van der Waals surface area contributed by atoms with Crippen molar-refractivity contribution in [2.24, 2.45) is 0 Å². The number of rotatable bonds is 6. The molecule has 12 aromatic rings. The molecule has 21 heterocycles. The summed E-state index contributed by atoms with van der Waals surface area (Å²) in [6.45, 7) is -18.0. The lowest BCUT2D eigenvalue weighted by atomic mass is 10.1. The number of fused-ring (bicyclic) bond motifs is 15. The lowest BCUT2D eigenvalue weighted by molar-refractivity contribution is -0.141. The Bertz CT molecular complexity index is 6940. The van der Waals surface area contributed by atoms with Crippen molar-refractivity contribution in [2.75, 3.05) is 74.0 Å². The Kier molecular flexibility index (Phi) is 26.0. The molecule has 21 rings (SSSR count). The van der Waals surface area contributed by atoms with Gasteiger partial charge in [0.2, 0.25) is 24.1 Å². The molecule has 9 saturated heterocycles. The van der Waals surface area contributed by atoms with Crippen LogP contribution in [0.2, 0.25) is 0 Å². The van der Waals surface area contributed by atoms with Crippen molar-refractivity contribution >= 4 is 217 Å². The molecule has 6 unspecified atom stereocenters. The second-order valence-electron chi connectivity index (χ2n) is 30.6. The first kappa shape index (κ1) is 96.8. The molecule has 74 heteroatoms. The van der Waals surface area contributed by atoms with Gasteiger partial charge in [-0.25, -0.2) is 80.1 Å². The zero-order valence-corrected chi connectivity index (χ0v) is 77.7. The highest BCUT2D eigenvalue weighted by Gasteiger charge is 2.65. The summed E-state index contributed by atoms with van der Waals surface area (Å²) < 4.78 is 251. The van der Waals surface area contributed by atoms with Crippen LogP contribution in [0.15, 0.2) is 82.8 Å². The molecule has 732 valence electrons. The average Bonchev–Trinajstić information content (AvgIpc) is 1.70. The van der Waals surface area contributed by atoms with E-state index in [1.807, 2.05) is 0 Å². The van der Waals surface area contributed by atoms with E-state index in [0.717, 1.165) is 41.6 Å². The van der Waals surface area contributed by atoms with Crippen LogP contribution in [-0.4, -0.2) is 279 Å². The third-order valence-electron chi connectivity index (χ3n) is 21.9. The number of phosphoric acid groups is 3. The van der Waals surface area contributed by atoms with Crippen LogP contribution < -0.4 is 51.1 Å². The van der Waals surface area contributed by atoms with Crippen molar-refractivity contribution in [3.63, 3.8) is 0 Å². The van der Waals surface area contributed by atoms with E-state index in [9.17, 15) is 57.1 Å². The summed E-state index contributed by atoms with van der Waals surface area (Å²) in [6.07, 6.45) is -21.4. The molecule has 136 heavy (non-hydrogen) atoms. The highest BCUT2D eigenvalue weighted by Crippen LogP contribution is 2.64. The smallest absolute Gasteiger partial charge is 0.397 e. The number of hydrogen-bond acceptors (Lipinski definition) is 46. The predicted octanol–water partition coefficient (Wildman–Crippen LogP) is 3.67. The van der Waals surface area contributed by atoms with Crippen molar-refractivity contribution in [1.82, 2.24) is 108 Å². The monoisotopic (exact) mass is 2150 g/mol. The van der Waals surface area contributed by atoms with Gasteiger partial charge in [0.25, 0.3) is 16.7 Å². The Hall–Kier alpha value is -8.03. The third kappa shape index (κ3) is 18.5. The summed E-state index contributed by atoms with van der Waals surface area (Å²) in [5, 5.41) is 0.301. The van der Waals surface area contributed by atoms with Gasteiger partial charge in [-0.3, -0.25) is 97.4 Å². The lowest BCUT2D eigenvalue weighted by Crippen LogP contribution is -2.41. The van der Waals surface area contributed by atoms with Gasteiger partial charge in [-0.1, -0.05) is 17.5 Å². The van der Waals surface area contributed by atoms with Crippen molar-refractivity contribution in [2.45, 2.75) is 142 Å². The van der Waals surface area contributed by atoms with E-state index in [4.69, 9.17) is 127 Å². The number of phosphoric ester groups is 3. The normalized spacial score (nSPS) is 37.3. The average molecular weight is 2150 g/mol. The molecule has 0 spiro atoms. The fraction of sp³-hybridized carbons (Fsp3) is 0.484. The number of nitrogens with two attached hydrogens (primary N) is 6. The van der Waals surface area contributed by atoms with Gasteiger partial charge in [-0.2, -0.15) is 28.4 Å². The maximum Gasteiger partial charge on any atom is 0.472 e. The first-order valence-corrected chi connectivity index (χ1v) is 54.2. The second kappa shape index (κ2) is 36.5. The minimum absolute atomic E-state index is 0.0203. The van der Waals surface area contributed by atoms with E-state index in [1.165, 1.54) is 84.9 Å². The Morgan fingerprint density at radius 2 is 0.772 bits per heavy atom. The molecule has 9 aliphatic rings. The fourth-order valence-corrected chi connectivity index (χ4v) is 28.0. The number of nitrogens with one attached hydrogen (secondary N) is 3. The zero-order chi connectivity index (χ0) is 96.4. The molecular formula is C62H67F7N28O27P6S6. The number of halogens is 7. The van der Waals surface area contributed by atoms with Gasteiger partial charge in [0, 0.05) is 18.6 Å². The van der Waals surface area contributed by atoms with Crippen LogP contribution in [0.1, 0.15) is 34.8 Å². The quantitative estimate of drug-likeness (QED) is 0.0641. The van der Waals surface area contributed by atoms with Crippen LogP contribution in [0.25, 0.3) is 67.0 Å². The molecule has 0 radical (unpaired) electrons. The van der Waals surface area contributed by atoms with Gasteiger partial charge < -0.3 is 82.1 Å². The molecule has 9 fully saturated rings. The van der Waals surface area contributed by atoms with Crippen molar-refractivity contribution in [3.8, 4) is 0 Å². The molecule has 0 aliphatic carbocycles. The molecule has 0 saturated carbocycles. The Labute approximate surface area is 777 Å². The summed E-state index contributed by atoms with van der Waals surface area (Å²) in [4.78, 5) is 142. The Balaban J connectivity index is 0.000000131. The van der Waals surface area contributed by atoms with Crippen LogP contribution in [0, 0.1) is 0 Å². The molecule has 6 bridgehead atoms. The number of aromatic amines is 3. The maximum absolute atomic E-state index is 15.9. The van der Waals surface area contributed by atoms with E-state index in [2.05, 4.69) is 92.3 Å². The van der Waals surface area contributed by atoms with Gasteiger partial charge in [-0.05, 0) is 41.8 Å². The van der Waals surface area contributed by atoms with Crippen LogP contribution >= 0.6 is 91.2 Å². The number of thioether (sulfide) groups is 3. The Morgan fingerprint density at radius 1 is 0.419 bits per heavy atom. The number of thiol groups is 1. The van der Waals surface area contributed by atoms with Crippen LogP contribution in [-0.2, 0) is 110 Å². The maximum atomic E-state index is 15.9. The SMILES string of the molecule is Nc1nc2c(ncn2[C@@H]2S[C@@H]3COP(=O)(O)O[C@@H]4[C@@H](COP(O)(=S)O[C@@H]2[C@H]3F)O[C@@H](n2nnc3c(N)ccnc32)C4(F)F)c(=O)[nH]1.Nc1nc2c(ncn2[C@@H]2S[C@@H]3COP(=O)(O)O[C@H]4[C@H](F)[C@H](n5cnc6c(N)ccnc65)O[C@@H]4COP(=O)(S)O[C@@H]2[C@H]3F)c(=O)[nH]1.Nc1nc2c(ncn2[C@@H]2S[C@@H]3COP(=O)(O)O[C@H]4[C@H](F)[C@H](n5cnc6c(N)ccnc65)O[C@@H]4COP(O)(=S)O[C@@H]2[C@H]3F)c(=O)[nH]1. The lowest BCUT2D eigenvalue weighted by Gasteiger charge is -2.27. The van der Waals surface area contributed by atoms with Gasteiger partial charge >= 0.3 is 49.6 Å². The highest BCUT2D eigenvalue weighted by atomic mass is 32.7. The van der Waals surface area contributed by atoms with Gasteiger partial charge in [-0.15, -0.1) is 40.4 Å². The number of aromatic nitrogens is 22. The van der Waals surface area contributed by atoms with Crippen LogP contribution in [0.5, 0.6) is 0 Å². The number of pyridine rings is 3. The fourth-order valence-electron chi connectivity index (χ4n) is 15.8. The number of H-pyrrole nitrogens is 3. The minimum atomic E-state index is -5.37. The van der Waals surface area contributed by atoms with Gasteiger partial charge in [0.15, 0.2) is 86.9 Å². The number of alkyl halides is 7. The molecule has 29 atom stereocenters. The number of ether oxygens (including phenoxy) is 3. The summed E-state index contributed by atoms with van der Waals surface area (Å²) in [5.41, 5.74) is 33.5. The summed E-state index contributed by atoms with van der Waals surface area (Å²) in [5.74, 6) is -4.88. The number of anilines is 6. The molecule has 0 amide bonds. The van der Waals surface area contributed by atoms with Gasteiger partial charge in [0.1, 0.15) is 94.5 Å². The van der Waals surface area contributed by atoms with Gasteiger partial charge in [0.05, 0.1) is 104 Å². The number of imidazole rings is 5. The van der Waals surface area contributed by atoms with Crippen molar-refractivity contribution in [1.29, 1.82) is 0 Å². The highest BCUT2D eigenvalue weighted by molar-refractivity contribution is 8.44. The molecule has 12 aromatic heterocycles. The summed E-state index contributed by atoms with van der Waals surface area (Å²) in [7, 11) is -15.5.